The number of benzene rings is 2. The van der Waals surface area contributed by atoms with E-state index in [9.17, 15) is 9.18 Å². The first-order valence-corrected chi connectivity index (χ1v) is 6.18. The summed E-state index contributed by atoms with van der Waals surface area (Å²) in [5, 5.41) is 9.99. The fraction of sp³-hybridized carbons (Fsp3) is 0. The van der Waals surface area contributed by atoms with E-state index in [4.69, 9.17) is 4.42 Å². The smallest absolute Gasteiger partial charge is 0.313 e. The SMILES string of the molecule is O=C(Nc1cccc(F)c1)c1nnc(-c2ccccc2)o1. The van der Waals surface area contributed by atoms with Gasteiger partial charge in [-0.05, 0) is 30.3 Å². The minimum Gasteiger partial charge on any atom is -0.412 e. The zero-order valence-corrected chi connectivity index (χ0v) is 10.8. The van der Waals surface area contributed by atoms with Crippen LogP contribution in [0, 0.1) is 5.82 Å². The van der Waals surface area contributed by atoms with E-state index in [1.54, 1.807) is 18.2 Å². The summed E-state index contributed by atoms with van der Waals surface area (Å²) >= 11 is 0. The van der Waals surface area contributed by atoms with Crippen molar-refractivity contribution in [2.45, 2.75) is 0 Å². The first-order valence-electron chi connectivity index (χ1n) is 6.18. The first kappa shape index (κ1) is 13.0. The van der Waals surface area contributed by atoms with Crippen LogP contribution in [0.15, 0.2) is 59.0 Å². The van der Waals surface area contributed by atoms with Gasteiger partial charge in [0.1, 0.15) is 5.82 Å². The summed E-state index contributed by atoms with van der Waals surface area (Å²) in [6.45, 7) is 0. The quantitative estimate of drug-likeness (QED) is 0.801. The average Bonchev–Trinajstić information content (AvgIpc) is 2.98. The molecule has 0 aliphatic rings. The molecule has 2 aromatic carbocycles. The van der Waals surface area contributed by atoms with Crippen molar-refractivity contribution >= 4 is 11.6 Å². The Morgan fingerprint density at radius 3 is 2.62 bits per heavy atom. The van der Waals surface area contributed by atoms with Gasteiger partial charge in [0.25, 0.3) is 0 Å². The Hall–Kier alpha value is -3.02. The van der Waals surface area contributed by atoms with Crippen molar-refractivity contribution in [2.75, 3.05) is 5.32 Å². The van der Waals surface area contributed by atoms with E-state index in [0.717, 1.165) is 5.56 Å². The van der Waals surface area contributed by atoms with Crippen LogP contribution in [0.4, 0.5) is 10.1 Å². The Kier molecular flexibility index (Phi) is 3.42. The number of halogens is 1. The number of aromatic nitrogens is 2. The Morgan fingerprint density at radius 1 is 1.05 bits per heavy atom. The van der Waals surface area contributed by atoms with Gasteiger partial charge in [0.2, 0.25) is 5.89 Å². The molecule has 1 aromatic heterocycles. The van der Waals surface area contributed by atoms with Crippen LogP contribution >= 0.6 is 0 Å². The summed E-state index contributed by atoms with van der Waals surface area (Å²) < 4.78 is 18.3. The van der Waals surface area contributed by atoms with Gasteiger partial charge in [-0.15, -0.1) is 10.2 Å². The number of nitrogens with one attached hydrogen (secondary N) is 1. The Bertz CT molecular complexity index is 771. The molecule has 0 fully saturated rings. The second kappa shape index (κ2) is 5.54. The number of amides is 1. The second-order valence-corrected chi connectivity index (χ2v) is 4.24. The van der Waals surface area contributed by atoms with Gasteiger partial charge in [0.15, 0.2) is 0 Å². The van der Waals surface area contributed by atoms with Crippen molar-refractivity contribution in [3.05, 3.63) is 66.3 Å². The fourth-order valence-electron chi connectivity index (χ4n) is 1.76. The number of hydrogen-bond donors (Lipinski definition) is 1. The maximum Gasteiger partial charge on any atom is 0.313 e. The standard InChI is InChI=1S/C15H10FN3O2/c16-11-7-4-8-12(9-11)17-13(20)15-19-18-14(21-15)10-5-2-1-3-6-10/h1-9H,(H,17,20). The monoisotopic (exact) mass is 283 g/mol. The Morgan fingerprint density at radius 2 is 1.86 bits per heavy atom. The Balaban J connectivity index is 1.78. The van der Waals surface area contributed by atoms with Gasteiger partial charge in [0.05, 0.1) is 0 Å². The molecular weight excluding hydrogens is 273 g/mol. The van der Waals surface area contributed by atoms with E-state index in [2.05, 4.69) is 15.5 Å². The molecule has 6 heteroatoms. The molecule has 1 amide bonds. The molecule has 0 radical (unpaired) electrons. The number of anilines is 1. The molecule has 0 spiro atoms. The van der Waals surface area contributed by atoms with E-state index in [0.29, 0.717) is 5.69 Å². The first-order chi connectivity index (χ1) is 10.2. The molecule has 1 heterocycles. The number of carbonyl (C=O) groups is 1. The lowest BCUT2D eigenvalue weighted by atomic mass is 10.2. The lowest BCUT2D eigenvalue weighted by molar-refractivity contribution is 0.0991. The van der Waals surface area contributed by atoms with E-state index < -0.39 is 11.7 Å². The van der Waals surface area contributed by atoms with Gasteiger partial charge < -0.3 is 9.73 Å². The highest BCUT2D eigenvalue weighted by Crippen LogP contribution is 2.17. The van der Waals surface area contributed by atoms with Crippen molar-refractivity contribution in [1.82, 2.24) is 10.2 Å². The molecule has 104 valence electrons. The fourth-order valence-corrected chi connectivity index (χ4v) is 1.76. The van der Waals surface area contributed by atoms with Crippen LogP contribution in [0.5, 0.6) is 0 Å². The third-order valence-electron chi connectivity index (χ3n) is 2.72. The molecule has 0 atom stereocenters. The van der Waals surface area contributed by atoms with Crippen LogP contribution in [-0.2, 0) is 0 Å². The summed E-state index contributed by atoms with van der Waals surface area (Å²) in [7, 11) is 0. The number of carbonyl (C=O) groups excluding carboxylic acids is 1. The Labute approximate surface area is 119 Å². The highest BCUT2D eigenvalue weighted by atomic mass is 19.1. The molecule has 0 saturated heterocycles. The zero-order valence-electron chi connectivity index (χ0n) is 10.8. The lowest BCUT2D eigenvalue weighted by Crippen LogP contribution is -2.12. The van der Waals surface area contributed by atoms with Crippen molar-refractivity contribution in [2.24, 2.45) is 0 Å². The van der Waals surface area contributed by atoms with Crippen LogP contribution in [0.2, 0.25) is 0 Å². The molecule has 3 aromatic rings. The molecule has 0 aliphatic carbocycles. The largest absolute Gasteiger partial charge is 0.412 e. The van der Waals surface area contributed by atoms with Crippen LogP contribution in [0.25, 0.3) is 11.5 Å². The normalized spacial score (nSPS) is 10.3. The molecular formula is C15H10FN3O2. The van der Waals surface area contributed by atoms with Crippen molar-refractivity contribution in [3.8, 4) is 11.5 Å². The maximum atomic E-state index is 13.0. The van der Waals surface area contributed by atoms with Crippen molar-refractivity contribution in [1.29, 1.82) is 0 Å². The molecule has 21 heavy (non-hydrogen) atoms. The van der Waals surface area contributed by atoms with E-state index in [-0.39, 0.29) is 11.8 Å². The zero-order chi connectivity index (χ0) is 14.7. The molecule has 5 nitrogen and oxygen atoms in total. The van der Waals surface area contributed by atoms with Crippen LogP contribution in [0.3, 0.4) is 0 Å². The van der Waals surface area contributed by atoms with Crippen molar-refractivity contribution < 1.29 is 13.6 Å². The average molecular weight is 283 g/mol. The molecule has 0 unspecified atom stereocenters. The molecule has 3 rings (SSSR count). The summed E-state index contributed by atoms with van der Waals surface area (Å²) in [6.07, 6.45) is 0. The van der Waals surface area contributed by atoms with E-state index in [1.165, 1.54) is 18.2 Å². The summed E-state index contributed by atoms with van der Waals surface area (Å²) in [6, 6.07) is 14.6. The minimum atomic E-state index is -0.588. The number of nitrogens with zero attached hydrogens (tertiary/aromatic N) is 2. The molecule has 1 N–H and O–H groups in total. The highest BCUT2D eigenvalue weighted by molar-refractivity contribution is 6.00. The second-order valence-electron chi connectivity index (χ2n) is 4.24. The molecule has 0 bridgehead atoms. The van der Waals surface area contributed by atoms with E-state index in [1.807, 2.05) is 18.2 Å². The molecule has 0 saturated carbocycles. The summed E-state index contributed by atoms with van der Waals surface area (Å²) in [5.74, 6) is -0.961. The van der Waals surface area contributed by atoms with Gasteiger partial charge in [-0.3, -0.25) is 4.79 Å². The molecule has 0 aliphatic heterocycles. The topological polar surface area (TPSA) is 68.0 Å². The lowest BCUT2D eigenvalue weighted by Gasteiger charge is -2.01. The van der Waals surface area contributed by atoms with Gasteiger partial charge >= 0.3 is 11.8 Å². The van der Waals surface area contributed by atoms with Crippen LogP contribution < -0.4 is 5.32 Å². The summed E-state index contributed by atoms with van der Waals surface area (Å²) in [4.78, 5) is 11.9. The van der Waals surface area contributed by atoms with Gasteiger partial charge in [0, 0.05) is 11.3 Å². The number of hydrogen-bond acceptors (Lipinski definition) is 4. The predicted molar refractivity (Wildman–Crippen MR) is 74.1 cm³/mol. The minimum absolute atomic E-state index is 0.182. The van der Waals surface area contributed by atoms with Gasteiger partial charge in [-0.25, -0.2) is 4.39 Å². The summed E-state index contributed by atoms with van der Waals surface area (Å²) in [5.41, 5.74) is 1.04. The van der Waals surface area contributed by atoms with Crippen LogP contribution in [0.1, 0.15) is 10.7 Å². The van der Waals surface area contributed by atoms with E-state index >= 15 is 0 Å². The maximum absolute atomic E-state index is 13.0. The third-order valence-corrected chi connectivity index (χ3v) is 2.72. The van der Waals surface area contributed by atoms with Gasteiger partial charge in [-0.1, -0.05) is 24.3 Å². The predicted octanol–water partition coefficient (Wildman–Crippen LogP) is 3.13. The van der Waals surface area contributed by atoms with Crippen LogP contribution in [-0.4, -0.2) is 16.1 Å². The number of rotatable bonds is 3. The highest BCUT2D eigenvalue weighted by Gasteiger charge is 2.16. The third kappa shape index (κ3) is 2.94. The van der Waals surface area contributed by atoms with Crippen molar-refractivity contribution in [3.63, 3.8) is 0 Å². The van der Waals surface area contributed by atoms with Gasteiger partial charge in [-0.2, -0.15) is 0 Å².